The van der Waals surface area contributed by atoms with E-state index in [1.165, 1.54) is 0 Å². The number of imidazole rings is 1. The summed E-state index contributed by atoms with van der Waals surface area (Å²) in [6.45, 7) is 11.2. The molecule has 3 heterocycles. The Labute approximate surface area is 243 Å². The van der Waals surface area contributed by atoms with Gasteiger partial charge < -0.3 is 24.8 Å². The highest BCUT2D eigenvalue weighted by Gasteiger charge is 2.41. The van der Waals surface area contributed by atoms with Crippen molar-refractivity contribution < 1.29 is 14.4 Å². The maximum Gasteiger partial charge on any atom is 0.274 e. The molecule has 4 rings (SSSR count). The van der Waals surface area contributed by atoms with E-state index in [1.54, 1.807) is 20.2 Å². The first-order valence-corrected chi connectivity index (χ1v) is 14.5. The van der Waals surface area contributed by atoms with Gasteiger partial charge in [-0.25, -0.2) is 4.98 Å². The average Bonchev–Trinajstić information content (AvgIpc) is 3.59. The molecular formula is C32H44N6O3. The first-order chi connectivity index (χ1) is 19.5. The quantitative estimate of drug-likeness (QED) is 0.396. The zero-order valence-corrected chi connectivity index (χ0v) is 25.2. The fraction of sp³-hybridized carbons (Fsp3) is 0.500. The lowest BCUT2D eigenvalue weighted by molar-refractivity contribution is -0.140. The Morgan fingerprint density at radius 2 is 1.88 bits per heavy atom. The van der Waals surface area contributed by atoms with E-state index in [-0.39, 0.29) is 23.8 Å². The van der Waals surface area contributed by atoms with Crippen LogP contribution in [0.15, 0.2) is 54.9 Å². The average molecular weight is 561 g/mol. The van der Waals surface area contributed by atoms with Crippen molar-refractivity contribution in [3.05, 3.63) is 71.7 Å². The number of carbonyl (C=O) groups is 3. The topological polar surface area (TPSA) is 99.0 Å². The zero-order chi connectivity index (χ0) is 29.7. The number of likely N-dealkylation sites (tertiary alicyclic amines) is 1. The highest BCUT2D eigenvalue weighted by molar-refractivity contribution is 5.93. The predicted octanol–water partition coefficient (Wildman–Crippen LogP) is 3.46. The molecule has 2 N–H and O–H groups in total. The summed E-state index contributed by atoms with van der Waals surface area (Å²) in [5.41, 5.74) is 2.86. The molecule has 9 heteroatoms. The standard InChI is InChI=1S/C32H44N6O3/c1-22-14-17-36-21-26(34-27(36)19-22)30(40)37(18-15-24-11-8-7-9-12-24)20-25-13-10-16-38(25)31(41)28(32(3,4)5)35-29(39)23(2)33-6/h7-9,11-12,14,17,19,21,23,25,28,33H,10,13,15-16,18,20H2,1-6H3,(H,35,39). The van der Waals surface area contributed by atoms with E-state index in [2.05, 4.69) is 27.8 Å². The Kier molecular flexibility index (Phi) is 9.48. The molecule has 3 atom stereocenters. The number of aryl methyl sites for hydroxylation is 1. The van der Waals surface area contributed by atoms with Crippen molar-refractivity contribution in [1.82, 2.24) is 29.8 Å². The number of pyridine rings is 1. The van der Waals surface area contributed by atoms with Crippen LogP contribution in [-0.4, -0.2) is 81.7 Å². The van der Waals surface area contributed by atoms with Crippen molar-refractivity contribution in [3.8, 4) is 0 Å². The highest BCUT2D eigenvalue weighted by atomic mass is 16.2. The lowest BCUT2D eigenvalue weighted by Crippen LogP contribution is -2.59. The number of nitrogens with one attached hydrogen (secondary N) is 2. The van der Waals surface area contributed by atoms with Gasteiger partial charge in [0, 0.05) is 38.1 Å². The third kappa shape index (κ3) is 7.33. The molecule has 1 aliphatic rings. The van der Waals surface area contributed by atoms with E-state index < -0.39 is 17.5 Å². The Balaban J connectivity index is 1.57. The predicted molar refractivity (Wildman–Crippen MR) is 161 cm³/mol. The normalized spacial score (nSPS) is 16.9. The molecule has 41 heavy (non-hydrogen) atoms. The third-order valence-electron chi connectivity index (χ3n) is 7.95. The van der Waals surface area contributed by atoms with Crippen molar-refractivity contribution in [2.45, 2.75) is 72.0 Å². The van der Waals surface area contributed by atoms with Crippen molar-refractivity contribution in [2.75, 3.05) is 26.7 Å². The maximum atomic E-state index is 14.0. The molecule has 0 radical (unpaired) electrons. The summed E-state index contributed by atoms with van der Waals surface area (Å²) < 4.78 is 1.86. The lowest BCUT2D eigenvalue weighted by Gasteiger charge is -2.37. The van der Waals surface area contributed by atoms with E-state index in [1.807, 2.05) is 78.4 Å². The number of amides is 3. The van der Waals surface area contributed by atoms with Crippen LogP contribution in [0, 0.1) is 12.3 Å². The van der Waals surface area contributed by atoms with Gasteiger partial charge in [0.05, 0.1) is 6.04 Å². The molecule has 2 aromatic heterocycles. The first kappa shape index (κ1) is 30.2. The van der Waals surface area contributed by atoms with E-state index in [0.717, 1.165) is 29.6 Å². The van der Waals surface area contributed by atoms with Crippen LogP contribution in [0.25, 0.3) is 5.65 Å². The van der Waals surface area contributed by atoms with Crippen LogP contribution < -0.4 is 10.6 Å². The molecule has 3 unspecified atom stereocenters. The van der Waals surface area contributed by atoms with Gasteiger partial charge in [-0.1, -0.05) is 51.1 Å². The number of hydrogen-bond donors (Lipinski definition) is 2. The lowest BCUT2D eigenvalue weighted by atomic mass is 9.85. The molecule has 1 aliphatic heterocycles. The Hall–Kier alpha value is -3.72. The van der Waals surface area contributed by atoms with Gasteiger partial charge in [-0.05, 0) is 68.8 Å². The van der Waals surface area contributed by atoms with Crippen molar-refractivity contribution >= 4 is 23.4 Å². The van der Waals surface area contributed by atoms with Gasteiger partial charge in [-0.15, -0.1) is 0 Å². The molecule has 0 spiro atoms. The van der Waals surface area contributed by atoms with E-state index >= 15 is 0 Å². The Bertz CT molecular complexity index is 1360. The SMILES string of the molecule is CNC(C)C(=O)NC(C(=O)N1CCCC1CN(CCc1ccccc1)C(=O)c1cn2ccc(C)cc2n1)C(C)(C)C. The molecule has 0 saturated carbocycles. The van der Waals surface area contributed by atoms with Gasteiger partial charge >= 0.3 is 0 Å². The number of aromatic nitrogens is 2. The minimum absolute atomic E-state index is 0.102. The number of benzene rings is 1. The fourth-order valence-corrected chi connectivity index (χ4v) is 5.32. The summed E-state index contributed by atoms with van der Waals surface area (Å²) in [6, 6.07) is 12.8. The number of carbonyl (C=O) groups excluding carboxylic acids is 3. The van der Waals surface area contributed by atoms with Gasteiger partial charge in [-0.2, -0.15) is 0 Å². The van der Waals surface area contributed by atoms with Crippen LogP contribution in [0.1, 0.15) is 62.2 Å². The Morgan fingerprint density at radius 1 is 1.15 bits per heavy atom. The number of fused-ring (bicyclic) bond motifs is 1. The van der Waals surface area contributed by atoms with Gasteiger partial charge in [0.2, 0.25) is 11.8 Å². The van der Waals surface area contributed by atoms with Gasteiger partial charge in [-0.3, -0.25) is 14.4 Å². The molecule has 0 bridgehead atoms. The van der Waals surface area contributed by atoms with Crippen molar-refractivity contribution in [2.24, 2.45) is 5.41 Å². The van der Waals surface area contributed by atoms with Crippen LogP contribution >= 0.6 is 0 Å². The molecule has 0 aliphatic carbocycles. The second kappa shape index (κ2) is 12.9. The van der Waals surface area contributed by atoms with Crippen molar-refractivity contribution in [3.63, 3.8) is 0 Å². The smallest absolute Gasteiger partial charge is 0.274 e. The number of likely N-dealkylation sites (N-methyl/N-ethyl adjacent to an activating group) is 1. The summed E-state index contributed by atoms with van der Waals surface area (Å²) in [6.07, 6.45) is 6.03. The molecule has 1 saturated heterocycles. The molecule has 9 nitrogen and oxygen atoms in total. The summed E-state index contributed by atoms with van der Waals surface area (Å²) in [5, 5.41) is 5.93. The van der Waals surface area contributed by atoms with Crippen LogP contribution in [0.5, 0.6) is 0 Å². The van der Waals surface area contributed by atoms with Crippen molar-refractivity contribution in [1.29, 1.82) is 0 Å². The first-order valence-electron chi connectivity index (χ1n) is 14.5. The van der Waals surface area contributed by atoms with E-state index in [4.69, 9.17) is 0 Å². The molecular weight excluding hydrogens is 516 g/mol. The van der Waals surface area contributed by atoms with Crippen LogP contribution in [0.2, 0.25) is 0 Å². The summed E-state index contributed by atoms with van der Waals surface area (Å²) in [4.78, 5) is 49.0. The molecule has 1 aromatic carbocycles. The van der Waals surface area contributed by atoms with Gasteiger partial charge in [0.25, 0.3) is 5.91 Å². The van der Waals surface area contributed by atoms with E-state index in [0.29, 0.717) is 31.7 Å². The maximum absolute atomic E-state index is 14.0. The summed E-state index contributed by atoms with van der Waals surface area (Å²) >= 11 is 0. The number of nitrogens with zero attached hydrogens (tertiary/aromatic N) is 4. The summed E-state index contributed by atoms with van der Waals surface area (Å²) in [7, 11) is 1.72. The second-order valence-corrected chi connectivity index (χ2v) is 12.2. The molecule has 1 fully saturated rings. The summed E-state index contributed by atoms with van der Waals surface area (Å²) in [5.74, 6) is -0.460. The highest BCUT2D eigenvalue weighted by Crippen LogP contribution is 2.27. The minimum atomic E-state index is -0.679. The Morgan fingerprint density at radius 3 is 2.56 bits per heavy atom. The third-order valence-corrected chi connectivity index (χ3v) is 7.95. The molecule has 220 valence electrons. The van der Waals surface area contributed by atoms with Crippen LogP contribution in [-0.2, 0) is 16.0 Å². The van der Waals surface area contributed by atoms with Gasteiger partial charge in [0.15, 0.2) is 0 Å². The number of rotatable bonds is 10. The second-order valence-electron chi connectivity index (χ2n) is 12.2. The molecule has 3 aromatic rings. The largest absolute Gasteiger partial charge is 0.342 e. The zero-order valence-electron chi connectivity index (χ0n) is 25.2. The van der Waals surface area contributed by atoms with Crippen LogP contribution in [0.3, 0.4) is 0 Å². The number of hydrogen-bond acceptors (Lipinski definition) is 5. The molecule has 3 amide bonds. The fourth-order valence-electron chi connectivity index (χ4n) is 5.32. The monoisotopic (exact) mass is 560 g/mol. The van der Waals surface area contributed by atoms with Crippen LogP contribution in [0.4, 0.5) is 0 Å². The van der Waals surface area contributed by atoms with Gasteiger partial charge in [0.1, 0.15) is 17.4 Å². The minimum Gasteiger partial charge on any atom is -0.342 e. The van der Waals surface area contributed by atoms with E-state index in [9.17, 15) is 14.4 Å².